The summed E-state index contributed by atoms with van der Waals surface area (Å²) in [7, 11) is 0. The van der Waals surface area contributed by atoms with Crippen LogP contribution in [0.3, 0.4) is 0 Å². The maximum absolute atomic E-state index is 11.9. The van der Waals surface area contributed by atoms with Gasteiger partial charge in [0.15, 0.2) is 6.61 Å². The molecule has 4 nitrogen and oxygen atoms in total. The summed E-state index contributed by atoms with van der Waals surface area (Å²) in [6.45, 7) is 2.03. The van der Waals surface area contributed by atoms with E-state index in [0.717, 1.165) is 6.42 Å². The zero-order valence-electron chi connectivity index (χ0n) is 12.3. The molecule has 3 N–H and O–H groups in total. The molecule has 0 saturated heterocycles. The van der Waals surface area contributed by atoms with Gasteiger partial charge in [0.2, 0.25) is 0 Å². The fraction of sp³-hybridized carbons (Fsp3) is 0.176. The number of carbonyl (C=O) groups excluding carboxylic acids is 1. The highest BCUT2D eigenvalue weighted by Gasteiger charge is 2.05. The average Bonchev–Trinajstić information content (AvgIpc) is 2.53. The van der Waals surface area contributed by atoms with Gasteiger partial charge < -0.3 is 15.8 Å². The largest absolute Gasteiger partial charge is 0.484 e. The van der Waals surface area contributed by atoms with Crippen molar-refractivity contribution >= 4 is 28.8 Å². The smallest absolute Gasteiger partial charge is 0.262 e. The van der Waals surface area contributed by atoms with Gasteiger partial charge >= 0.3 is 0 Å². The van der Waals surface area contributed by atoms with E-state index in [1.165, 1.54) is 5.56 Å². The molecule has 0 aliphatic heterocycles. The van der Waals surface area contributed by atoms with Gasteiger partial charge in [-0.05, 0) is 36.2 Å². The Morgan fingerprint density at radius 3 is 2.59 bits per heavy atom. The van der Waals surface area contributed by atoms with Gasteiger partial charge in [0.1, 0.15) is 10.7 Å². The Bertz CT molecular complexity index is 669. The number of thiocarbonyl (C=S) groups is 1. The van der Waals surface area contributed by atoms with Crippen LogP contribution in [0.4, 0.5) is 5.69 Å². The molecule has 5 heteroatoms. The number of hydrogen-bond acceptors (Lipinski definition) is 3. The van der Waals surface area contributed by atoms with Crippen LogP contribution < -0.4 is 15.8 Å². The summed E-state index contributed by atoms with van der Waals surface area (Å²) in [5.41, 5.74) is 8.14. The molecule has 2 aromatic carbocycles. The Morgan fingerprint density at radius 1 is 1.23 bits per heavy atom. The van der Waals surface area contributed by atoms with E-state index < -0.39 is 0 Å². The summed E-state index contributed by atoms with van der Waals surface area (Å²) in [5, 5.41) is 2.75. The van der Waals surface area contributed by atoms with Gasteiger partial charge in [-0.3, -0.25) is 4.79 Å². The summed E-state index contributed by atoms with van der Waals surface area (Å²) in [5.74, 6) is 0.434. The number of anilines is 1. The van der Waals surface area contributed by atoms with E-state index in [-0.39, 0.29) is 12.5 Å². The van der Waals surface area contributed by atoms with Crippen molar-refractivity contribution in [2.24, 2.45) is 5.73 Å². The third kappa shape index (κ3) is 4.56. The zero-order valence-corrected chi connectivity index (χ0v) is 13.2. The summed E-state index contributed by atoms with van der Waals surface area (Å²) in [6, 6.07) is 14.8. The molecule has 0 unspecified atom stereocenters. The van der Waals surface area contributed by atoms with Crippen LogP contribution in [0, 0.1) is 0 Å². The van der Waals surface area contributed by atoms with Gasteiger partial charge in [0.05, 0.1) is 0 Å². The Hall–Kier alpha value is -2.40. The second kappa shape index (κ2) is 7.56. The third-order valence-electron chi connectivity index (χ3n) is 3.13. The highest BCUT2D eigenvalue weighted by Crippen LogP contribution is 2.13. The lowest BCUT2D eigenvalue weighted by Crippen LogP contribution is -2.20. The van der Waals surface area contributed by atoms with E-state index in [2.05, 4.69) is 12.2 Å². The predicted molar refractivity (Wildman–Crippen MR) is 92.3 cm³/mol. The number of ether oxygens (including phenoxy) is 1. The Labute approximate surface area is 135 Å². The minimum absolute atomic E-state index is 0.0528. The molecule has 0 heterocycles. The molecule has 0 spiro atoms. The molecule has 0 aliphatic rings. The van der Waals surface area contributed by atoms with Crippen LogP contribution in [0.15, 0.2) is 48.5 Å². The number of amides is 1. The molecule has 22 heavy (non-hydrogen) atoms. The normalized spacial score (nSPS) is 10.0. The van der Waals surface area contributed by atoms with E-state index >= 15 is 0 Å². The molecule has 0 aliphatic carbocycles. The fourth-order valence-corrected chi connectivity index (χ4v) is 2.04. The molecule has 0 aromatic heterocycles. The first kappa shape index (κ1) is 16.0. The van der Waals surface area contributed by atoms with Crippen LogP contribution in [0.25, 0.3) is 0 Å². The first-order valence-corrected chi connectivity index (χ1v) is 7.40. The lowest BCUT2D eigenvalue weighted by molar-refractivity contribution is -0.118. The highest BCUT2D eigenvalue weighted by atomic mass is 32.1. The molecule has 0 atom stereocenters. The second-order valence-corrected chi connectivity index (χ2v) is 5.22. The Morgan fingerprint density at radius 2 is 1.95 bits per heavy atom. The number of rotatable bonds is 6. The van der Waals surface area contributed by atoms with E-state index in [1.54, 1.807) is 24.3 Å². The van der Waals surface area contributed by atoms with Crippen molar-refractivity contribution in [1.29, 1.82) is 0 Å². The molecule has 1 amide bonds. The van der Waals surface area contributed by atoms with Crippen molar-refractivity contribution < 1.29 is 9.53 Å². The topological polar surface area (TPSA) is 64.3 Å². The van der Waals surface area contributed by atoms with E-state index in [4.69, 9.17) is 22.7 Å². The van der Waals surface area contributed by atoms with E-state index in [0.29, 0.717) is 22.0 Å². The quantitative estimate of drug-likeness (QED) is 0.805. The Kier molecular flexibility index (Phi) is 5.49. The van der Waals surface area contributed by atoms with E-state index in [1.807, 2.05) is 24.3 Å². The maximum atomic E-state index is 11.9. The van der Waals surface area contributed by atoms with Crippen molar-refractivity contribution in [3.8, 4) is 5.75 Å². The monoisotopic (exact) mass is 314 g/mol. The van der Waals surface area contributed by atoms with Gasteiger partial charge in [0.25, 0.3) is 5.91 Å². The van der Waals surface area contributed by atoms with Crippen LogP contribution >= 0.6 is 12.2 Å². The molecule has 114 valence electrons. The van der Waals surface area contributed by atoms with Crippen molar-refractivity contribution in [2.45, 2.75) is 13.3 Å². The van der Waals surface area contributed by atoms with Crippen molar-refractivity contribution in [3.05, 3.63) is 59.7 Å². The standard InChI is InChI=1S/C17H18N2O2S/c1-2-12-6-8-15(9-7-12)21-11-16(20)19-14-5-3-4-13(10-14)17(18)22/h3-10H,2,11H2,1H3,(H2,18,22)(H,19,20). The SMILES string of the molecule is CCc1ccc(OCC(=O)Nc2cccc(C(N)=S)c2)cc1. The van der Waals surface area contributed by atoms with Gasteiger partial charge in [0, 0.05) is 11.3 Å². The zero-order chi connectivity index (χ0) is 15.9. The van der Waals surface area contributed by atoms with Crippen LogP contribution in [0.2, 0.25) is 0 Å². The number of nitrogens with one attached hydrogen (secondary N) is 1. The third-order valence-corrected chi connectivity index (χ3v) is 3.37. The number of nitrogens with two attached hydrogens (primary N) is 1. The number of hydrogen-bond donors (Lipinski definition) is 2. The summed E-state index contributed by atoms with van der Waals surface area (Å²) in [6.07, 6.45) is 0.972. The summed E-state index contributed by atoms with van der Waals surface area (Å²) >= 11 is 4.91. The molecule has 0 fully saturated rings. The van der Waals surface area contributed by atoms with Crippen LogP contribution in [0.5, 0.6) is 5.75 Å². The first-order chi connectivity index (χ1) is 10.6. The predicted octanol–water partition coefficient (Wildman–Crippen LogP) is 2.90. The Balaban J connectivity index is 1.89. The van der Waals surface area contributed by atoms with Crippen molar-refractivity contribution in [2.75, 3.05) is 11.9 Å². The van der Waals surface area contributed by atoms with Crippen LogP contribution in [-0.4, -0.2) is 17.5 Å². The van der Waals surface area contributed by atoms with Gasteiger partial charge in [-0.15, -0.1) is 0 Å². The number of carbonyl (C=O) groups is 1. The molecule has 2 rings (SSSR count). The minimum atomic E-state index is -0.236. The van der Waals surface area contributed by atoms with Gasteiger partial charge in [-0.2, -0.15) is 0 Å². The van der Waals surface area contributed by atoms with E-state index in [9.17, 15) is 4.79 Å². The van der Waals surface area contributed by atoms with Crippen LogP contribution in [0.1, 0.15) is 18.1 Å². The second-order valence-electron chi connectivity index (χ2n) is 4.78. The highest BCUT2D eigenvalue weighted by molar-refractivity contribution is 7.80. The summed E-state index contributed by atoms with van der Waals surface area (Å²) < 4.78 is 5.45. The first-order valence-electron chi connectivity index (χ1n) is 7.00. The van der Waals surface area contributed by atoms with Crippen LogP contribution in [-0.2, 0) is 11.2 Å². The number of aryl methyl sites for hydroxylation is 1. The molecular formula is C17H18N2O2S. The molecule has 0 saturated carbocycles. The summed E-state index contributed by atoms with van der Waals surface area (Å²) in [4.78, 5) is 12.2. The molecule has 0 bridgehead atoms. The van der Waals surface area contributed by atoms with Crippen molar-refractivity contribution in [3.63, 3.8) is 0 Å². The fourth-order valence-electron chi connectivity index (χ4n) is 1.92. The number of benzene rings is 2. The van der Waals surface area contributed by atoms with Gasteiger partial charge in [-0.1, -0.05) is 43.4 Å². The lowest BCUT2D eigenvalue weighted by atomic mass is 10.2. The molecule has 2 aromatic rings. The average molecular weight is 314 g/mol. The minimum Gasteiger partial charge on any atom is -0.484 e. The van der Waals surface area contributed by atoms with Crippen molar-refractivity contribution in [1.82, 2.24) is 0 Å². The molecular weight excluding hydrogens is 296 g/mol. The maximum Gasteiger partial charge on any atom is 0.262 e. The lowest BCUT2D eigenvalue weighted by Gasteiger charge is -2.09. The molecule has 0 radical (unpaired) electrons. The van der Waals surface area contributed by atoms with Gasteiger partial charge in [-0.25, -0.2) is 0 Å².